The molecule has 0 saturated carbocycles. The molecule has 0 amide bonds. The van der Waals surface area contributed by atoms with Crippen molar-refractivity contribution in [2.75, 3.05) is 13.2 Å². The van der Waals surface area contributed by atoms with Gasteiger partial charge in [-0.25, -0.2) is 0 Å². The summed E-state index contributed by atoms with van der Waals surface area (Å²) in [6.45, 7) is 6.04. The number of nitrogens with zero attached hydrogens (tertiary/aromatic N) is 2. The van der Waals surface area contributed by atoms with Gasteiger partial charge in [0.1, 0.15) is 23.6 Å². The van der Waals surface area contributed by atoms with E-state index in [-0.39, 0.29) is 0 Å². The lowest BCUT2D eigenvalue weighted by Crippen LogP contribution is -1.97. The Bertz CT molecular complexity index is 2010. The normalized spacial score (nSPS) is 11.9. The third kappa shape index (κ3) is 15.7. The first-order chi connectivity index (χ1) is 29.1. The fraction of sp³-hybridized carbons (Fsp3) is 0.444. The summed E-state index contributed by atoms with van der Waals surface area (Å²) >= 11 is 1.47. The SMILES string of the molecule is CCCCCCCCCCCCOc1ccc2cc(/C=C(/C#N)c3ccc(/C(C#N)=C\c4ccc5cc(OCCCCCCCCCCCC)ccc5c4)s3)ccc2c1. The molecule has 0 aliphatic rings. The maximum atomic E-state index is 10.2. The molecule has 0 aliphatic carbocycles. The van der Waals surface area contributed by atoms with Crippen molar-refractivity contribution in [2.24, 2.45) is 0 Å². The van der Waals surface area contributed by atoms with Crippen molar-refractivity contribution in [2.45, 2.75) is 142 Å². The quantitative estimate of drug-likeness (QED) is 0.0373. The summed E-state index contributed by atoms with van der Waals surface area (Å²) in [6.07, 6.45) is 30.1. The van der Waals surface area contributed by atoms with Crippen molar-refractivity contribution < 1.29 is 9.47 Å². The first-order valence-corrected chi connectivity index (χ1v) is 23.6. The Balaban J connectivity index is 1.10. The van der Waals surface area contributed by atoms with Crippen molar-refractivity contribution in [3.05, 3.63) is 106 Å². The zero-order chi connectivity index (χ0) is 41.3. The van der Waals surface area contributed by atoms with E-state index >= 15 is 0 Å². The number of ether oxygens (including phenoxy) is 2. The van der Waals surface area contributed by atoms with Gasteiger partial charge in [0, 0.05) is 9.75 Å². The topological polar surface area (TPSA) is 66.0 Å². The van der Waals surface area contributed by atoms with Crippen LogP contribution in [0.4, 0.5) is 0 Å². The number of fused-ring (bicyclic) bond motifs is 2. The third-order valence-corrected chi connectivity index (χ3v) is 12.4. The Hall–Kier alpha value is -4.84. The zero-order valence-corrected chi connectivity index (χ0v) is 36.7. The molecule has 5 heteroatoms. The van der Waals surface area contributed by atoms with Gasteiger partial charge in [-0.1, -0.05) is 166 Å². The lowest BCUT2D eigenvalue weighted by atomic mass is 10.0. The largest absolute Gasteiger partial charge is 0.494 e. The van der Waals surface area contributed by atoms with Crippen LogP contribution in [0.2, 0.25) is 0 Å². The number of unbranched alkanes of at least 4 members (excludes halogenated alkanes) is 18. The van der Waals surface area contributed by atoms with Crippen LogP contribution >= 0.6 is 11.3 Å². The van der Waals surface area contributed by atoms with Crippen LogP contribution in [0.3, 0.4) is 0 Å². The summed E-state index contributed by atoms with van der Waals surface area (Å²) in [5.74, 6) is 1.80. The second-order valence-corrected chi connectivity index (χ2v) is 17.2. The third-order valence-electron chi connectivity index (χ3n) is 11.2. The van der Waals surface area contributed by atoms with Gasteiger partial charge in [-0.05, 0) is 106 Å². The molecule has 0 atom stereocenters. The number of allylic oxidation sites excluding steroid dienone is 2. The van der Waals surface area contributed by atoms with Gasteiger partial charge in [-0.15, -0.1) is 11.3 Å². The lowest BCUT2D eigenvalue weighted by Gasteiger charge is -2.08. The summed E-state index contributed by atoms with van der Waals surface area (Å²) in [5, 5.41) is 24.8. The first-order valence-electron chi connectivity index (χ1n) is 22.8. The van der Waals surface area contributed by atoms with Crippen LogP contribution in [0.1, 0.15) is 163 Å². The Kier molecular flexibility index (Phi) is 20.2. The van der Waals surface area contributed by atoms with E-state index in [1.807, 2.05) is 48.6 Å². The Labute approximate surface area is 359 Å². The van der Waals surface area contributed by atoms with Gasteiger partial charge in [0.25, 0.3) is 0 Å². The minimum Gasteiger partial charge on any atom is -0.494 e. The predicted octanol–water partition coefficient (Wildman–Crippen LogP) is 16.8. The van der Waals surface area contributed by atoms with Gasteiger partial charge in [0.2, 0.25) is 0 Å². The van der Waals surface area contributed by atoms with Gasteiger partial charge in [-0.3, -0.25) is 0 Å². The molecule has 0 radical (unpaired) electrons. The maximum absolute atomic E-state index is 10.2. The zero-order valence-electron chi connectivity index (χ0n) is 35.9. The minimum atomic E-state index is 0.575. The summed E-state index contributed by atoms with van der Waals surface area (Å²) in [5.41, 5.74) is 3.07. The molecule has 0 saturated heterocycles. The van der Waals surface area contributed by atoms with Crippen LogP contribution < -0.4 is 9.47 Å². The predicted molar refractivity (Wildman–Crippen MR) is 254 cm³/mol. The van der Waals surface area contributed by atoms with E-state index in [2.05, 4.69) is 74.5 Å². The highest BCUT2D eigenvalue weighted by Gasteiger charge is 2.11. The molecule has 1 aromatic heterocycles. The van der Waals surface area contributed by atoms with Crippen molar-refractivity contribution in [3.8, 4) is 23.6 Å². The molecule has 0 N–H and O–H groups in total. The van der Waals surface area contributed by atoms with Gasteiger partial charge in [0.15, 0.2) is 0 Å². The van der Waals surface area contributed by atoms with Crippen molar-refractivity contribution in [3.63, 3.8) is 0 Å². The number of rotatable bonds is 28. The van der Waals surface area contributed by atoms with Crippen molar-refractivity contribution in [1.82, 2.24) is 0 Å². The second-order valence-electron chi connectivity index (χ2n) is 16.1. The summed E-state index contributed by atoms with van der Waals surface area (Å²) < 4.78 is 12.2. The molecule has 0 spiro atoms. The summed E-state index contributed by atoms with van der Waals surface area (Å²) in [4.78, 5) is 1.67. The molecule has 0 fully saturated rings. The van der Waals surface area contributed by atoms with Gasteiger partial charge in [-0.2, -0.15) is 10.5 Å². The molecule has 310 valence electrons. The van der Waals surface area contributed by atoms with E-state index in [9.17, 15) is 10.5 Å². The summed E-state index contributed by atoms with van der Waals surface area (Å²) in [6, 6.07) is 33.7. The molecule has 0 bridgehead atoms. The van der Waals surface area contributed by atoms with Crippen LogP contribution in [-0.2, 0) is 0 Å². The van der Waals surface area contributed by atoms with Crippen LogP contribution in [-0.4, -0.2) is 13.2 Å². The van der Waals surface area contributed by atoms with Crippen molar-refractivity contribution in [1.29, 1.82) is 10.5 Å². The number of benzene rings is 4. The highest BCUT2D eigenvalue weighted by molar-refractivity contribution is 7.14. The van der Waals surface area contributed by atoms with Gasteiger partial charge < -0.3 is 9.47 Å². The fourth-order valence-corrected chi connectivity index (χ4v) is 8.62. The van der Waals surface area contributed by atoms with Crippen LogP contribution in [0.5, 0.6) is 11.5 Å². The Morgan fingerprint density at radius 3 is 1.15 bits per heavy atom. The number of thiophene rings is 1. The Morgan fingerprint density at radius 2 is 0.780 bits per heavy atom. The molecule has 0 unspecified atom stereocenters. The molecule has 1 heterocycles. The molecule has 4 aromatic carbocycles. The molecule has 4 nitrogen and oxygen atoms in total. The number of hydrogen-bond donors (Lipinski definition) is 0. The molecule has 59 heavy (non-hydrogen) atoms. The second kappa shape index (κ2) is 26.3. The lowest BCUT2D eigenvalue weighted by molar-refractivity contribution is 0.304. The fourth-order valence-electron chi connectivity index (χ4n) is 7.68. The van der Waals surface area contributed by atoms with E-state index in [1.54, 1.807) is 0 Å². The number of hydrogen-bond acceptors (Lipinski definition) is 5. The molecule has 0 aliphatic heterocycles. The number of nitriles is 2. The Morgan fingerprint density at radius 1 is 0.441 bits per heavy atom. The van der Waals surface area contributed by atoms with Crippen LogP contribution in [0, 0.1) is 22.7 Å². The summed E-state index contributed by atoms with van der Waals surface area (Å²) in [7, 11) is 0. The van der Waals surface area contributed by atoms with E-state index in [0.717, 1.165) is 80.0 Å². The van der Waals surface area contributed by atoms with E-state index in [0.29, 0.717) is 11.1 Å². The van der Waals surface area contributed by atoms with E-state index < -0.39 is 0 Å². The standard InChI is InChI=1S/C54H66N2O2S/c1-3-5-7-9-11-13-15-17-19-21-33-57-51-29-27-45-35-43(23-25-47(45)39-51)37-49(41-55)53-31-32-54(59-53)50(42-56)38-44-24-26-48-40-52(30-28-46(48)36-44)58-34-22-20-18-16-14-12-10-8-6-4-2/h23-32,35-40H,3-22,33-34H2,1-2H3/b49-37-,50-38-. The average Bonchev–Trinajstić information content (AvgIpc) is 3.75. The highest BCUT2D eigenvalue weighted by Crippen LogP contribution is 2.33. The average molecular weight is 807 g/mol. The smallest absolute Gasteiger partial charge is 0.119 e. The highest BCUT2D eigenvalue weighted by atomic mass is 32.1. The molecular weight excluding hydrogens is 741 g/mol. The van der Waals surface area contributed by atoms with Gasteiger partial charge in [0.05, 0.1) is 24.4 Å². The van der Waals surface area contributed by atoms with E-state index in [4.69, 9.17) is 9.47 Å². The molecule has 5 aromatic rings. The minimum absolute atomic E-state index is 0.575. The molecular formula is C54H66N2O2S. The monoisotopic (exact) mass is 806 g/mol. The maximum Gasteiger partial charge on any atom is 0.119 e. The van der Waals surface area contributed by atoms with Crippen LogP contribution in [0.25, 0.3) is 44.8 Å². The first kappa shape index (κ1) is 45.2. The van der Waals surface area contributed by atoms with Crippen molar-refractivity contribution >= 4 is 56.2 Å². The van der Waals surface area contributed by atoms with E-state index in [1.165, 1.54) is 127 Å². The van der Waals surface area contributed by atoms with Crippen LogP contribution in [0.15, 0.2) is 84.9 Å². The molecule has 5 rings (SSSR count). The van der Waals surface area contributed by atoms with Gasteiger partial charge >= 0.3 is 0 Å².